The zero-order chi connectivity index (χ0) is 11.0. The van der Waals surface area contributed by atoms with Gasteiger partial charge in [-0.15, -0.1) is 0 Å². The summed E-state index contributed by atoms with van der Waals surface area (Å²) in [5.41, 5.74) is 0.0648. The largest absolute Gasteiger partial charge is 0.354 e. The fourth-order valence-electron chi connectivity index (χ4n) is 2.61. The molecule has 2 heteroatoms. The van der Waals surface area contributed by atoms with Crippen LogP contribution in [0.4, 0.5) is 0 Å². The van der Waals surface area contributed by atoms with Crippen molar-refractivity contribution in [2.24, 2.45) is 5.41 Å². The van der Waals surface area contributed by atoms with Crippen LogP contribution < -0.4 is 5.32 Å². The van der Waals surface area contributed by atoms with Gasteiger partial charge in [0.2, 0.25) is 0 Å². The summed E-state index contributed by atoms with van der Waals surface area (Å²) in [6, 6.07) is 0. The fraction of sp³-hybridized carbons (Fsp3) is 1.00. The molecule has 0 spiro atoms. The highest BCUT2D eigenvalue weighted by Crippen LogP contribution is 2.44. The highest BCUT2D eigenvalue weighted by molar-refractivity contribution is 5.00. The predicted molar refractivity (Wildman–Crippen MR) is 60.3 cm³/mol. The van der Waals surface area contributed by atoms with Gasteiger partial charge in [0.15, 0.2) is 0 Å². The Hall–Kier alpha value is -0.0800. The highest BCUT2D eigenvalue weighted by Gasteiger charge is 2.50. The quantitative estimate of drug-likeness (QED) is 0.738. The van der Waals surface area contributed by atoms with E-state index in [1.165, 1.54) is 0 Å². The second kappa shape index (κ2) is 3.49. The molecule has 0 aromatic rings. The van der Waals surface area contributed by atoms with Crippen molar-refractivity contribution < 1.29 is 4.74 Å². The minimum Gasteiger partial charge on any atom is -0.354 e. The second-order valence-corrected chi connectivity index (χ2v) is 5.55. The van der Waals surface area contributed by atoms with Crippen LogP contribution in [0, 0.1) is 5.41 Å². The van der Waals surface area contributed by atoms with Crippen LogP contribution in [-0.2, 0) is 4.74 Å². The molecular weight excluding hydrogens is 174 g/mol. The second-order valence-electron chi connectivity index (χ2n) is 5.55. The molecule has 1 fully saturated rings. The van der Waals surface area contributed by atoms with Crippen molar-refractivity contribution in [3.05, 3.63) is 0 Å². The molecule has 0 bridgehead atoms. The standard InChI is InChI=1S/C12H25NO/c1-7-12(8-2)10(3,4)9-13-11(5,6)14-12/h13H,7-9H2,1-6H3. The molecule has 0 amide bonds. The van der Waals surface area contributed by atoms with Crippen molar-refractivity contribution in [2.45, 2.75) is 65.7 Å². The lowest BCUT2D eigenvalue weighted by Crippen LogP contribution is -2.65. The van der Waals surface area contributed by atoms with Crippen LogP contribution in [-0.4, -0.2) is 17.9 Å². The predicted octanol–water partition coefficient (Wildman–Crippen LogP) is 2.93. The van der Waals surface area contributed by atoms with E-state index in [2.05, 4.69) is 46.9 Å². The van der Waals surface area contributed by atoms with Gasteiger partial charge in [-0.3, -0.25) is 5.32 Å². The lowest BCUT2D eigenvalue weighted by atomic mass is 9.70. The van der Waals surface area contributed by atoms with E-state index in [0.717, 1.165) is 19.4 Å². The van der Waals surface area contributed by atoms with Gasteiger partial charge in [-0.2, -0.15) is 0 Å². The Morgan fingerprint density at radius 2 is 1.57 bits per heavy atom. The van der Waals surface area contributed by atoms with Crippen molar-refractivity contribution in [1.29, 1.82) is 0 Å². The van der Waals surface area contributed by atoms with Gasteiger partial charge in [-0.05, 0) is 26.7 Å². The van der Waals surface area contributed by atoms with Gasteiger partial charge < -0.3 is 4.74 Å². The molecule has 1 heterocycles. The van der Waals surface area contributed by atoms with Crippen LogP contribution in [0.3, 0.4) is 0 Å². The average molecular weight is 199 g/mol. The van der Waals surface area contributed by atoms with E-state index in [0.29, 0.717) is 0 Å². The Labute approximate surface area is 88.4 Å². The number of hydrogen-bond acceptors (Lipinski definition) is 2. The molecule has 2 nitrogen and oxygen atoms in total. The fourth-order valence-corrected chi connectivity index (χ4v) is 2.61. The van der Waals surface area contributed by atoms with Gasteiger partial charge in [0, 0.05) is 12.0 Å². The summed E-state index contributed by atoms with van der Waals surface area (Å²) >= 11 is 0. The van der Waals surface area contributed by atoms with Crippen LogP contribution in [0.15, 0.2) is 0 Å². The first-order valence-electron chi connectivity index (χ1n) is 5.74. The topological polar surface area (TPSA) is 21.3 Å². The van der Waals surface area contributed by atoms with Crippen molar-refractivity contribution in [3.63, 3.8) is 0 Å². The summed E-state index contributed by atoms with van der Waals surface area (Å²) in [5, 5.41) is 3.45. The monoisotopic (exact) mass is 199 g/mol. The highest BCUT2D eigenvalue weighted by atomic mass is 16.5. The molecule has 0 aromatic carbocycles. The van der Waals surface area contributed by atoms with Crippen molar-refractivity contribution >= 4 is 0 Å². The third-order valence-electron chi connectivity index (χ3n) is 3.78. The van der Waals surface area contributed by atoms with Gasteiger partial charge in [0.25, 0.3) is 0 Å². The van der Waals surface area contributed by atoms with Crippen LogP contribution in [0.5, 0.6) is 0 Å². The zero-order valence-corrected chi connectivity index (χ0v) is 10.5. The van der Waals surface area contributed by atoms with Crippen molar-refractivity contribution in [3.8, 4) is 0 Å². The zero-order valence-electron chi connectivity index (χ0n) is 10.5. The first kappa shape index (κ1) is 12.0. The van der Waals surface area contributed by atoms with Gasteiger partial charge >= 0.3 is 0 Å². The smallest absolute Gasteiger partial charge is 0.114 e. The van der Waals surface area contributed by atoms with E-state index in [4.69, 9.17) is 4.74 Å². The molecule has 84 valence electrons. The number of rotatable bonds is 2. The van der Waals surface area contributed by atoms with Gasteiger partial charge in [0.05, 0.1) is 5.60 Å². The van der Waals surface area contributed by atoms with Crippen molar-refractivity contribution in [2.75, 3.05) is 6.54 Å². The molecule has 0 unspecified atom stereocenters. The molecule has 1 aliphatic rings. The Balaban J connectivity index is 2.96. The lowest BCUT2D eigenvalue weighted by Gasteiger charge is -2.55. The van der Waals surface area contributed by atoms with E-state index < -0.39 is 0 Å². The SMILES string of the molecule is CCC1(CC)OC(C)(C)NCC1(C)C. The van der Waals surface area contributed by atoms with E-state index in [-0.39, 0.29) is 16.7 Å². The lowest BCUT2D eigenvalue weighted by molar-refractivity contribution is -0.241. The number of nitrogens with one attached hydrogen (secondary N) is 1. The molecule has 1 aliphatic heterocycles. The summed E-state index contributed by atoms with van der Waals surface area (Å²) in [7, 11) is 0. The molecule has 0 aromatic heterocycles. The van der Waals surface area contributed by atoms with Crippen LogP contribution in [0.1, 0.15) is 54.4 Å². The molecule has 14 heavy (non-hydrogen) atoms. The third-order valence-corrected chi connectivity index (χ3v) is 3.78. The minimum absolute atomic E-state index is 0.0295. The van der Waals surface area contributed by atoms with Crippen LogP contribution in [0.25, 0.3) is 0 Å². The summed E-state index contributed by atoms with van der Waals surface area (Å²) in [6.07, 6.45) is 2.17. The first-order valence-corrected chi connectivity index (χ1v) is 5.74. The van der Waals surface area contributed by atoms with Crippen molar-refractivity contribution in [1.82, 2.24) is 5.32 Å². The van der Waals surface area contributed by atoms with Gasteiger partial charge in [-0.1, -0.05) is 27.7 Å². The minimum atomic E-state index is -0.179. The van der Waals surface area contributed by atoms with Crippen LogP contribution in [0.2, 0.25) is 0 Å². The van der Waals surface area contributed by atoms with Gasteiger partial charge in [-0.25, -0.2) is 0 Å². The van der Waals surface area contributed by atoms with Crippen LogP contribution >= 0.6 is 0 Å². The molecular formula is C12H25NO. The maximum atomic E-state index is 6.26. The summed E-state index contributed by atoms with van der Waals surface area (Å²) in [5.74, 6) is 0. The third kappa shape index (κ3) is 1.82. The Kier molecular flexibility index (Phi) is 2.99. The molecule has 1 N–H and O–H groups in total. The normalized spacial score (nSPS) is 28.7. The molecule has 0 radical (unpaired) electrons. The molecule has 1 rings (SSSR count). The first-order chi connectivity index (χ1) is 6.29. The molecule has 0 aliphatic carbocycles. The summed E-state index contributed by atoms with van der Waals surface area (Å²) in [6.45, 7) is 14.3. The van der Waals surface area contributed by atoms with E-state index in [1.54, 1.807) is 0 Å². The number of ether oxygens (including phenoxy) is 1. The maximum absolute atomic E-state index is 6.26. The molecule has 0 atom stereocenters. The summed E-state index contributed by atoms with van der Waals surface area (Å²) < 4.78 is 6.26. The molecule has 1 saturated heterocycles. The van der Waals surface area contributed by atoms with E-state index >= 15 is 0 Å². The maximum Gasteiger partial charge on any atom is 0.114 e. The Morgan fingerprint density at radius 3 is 1.93 bits per heavy atom. The number of hydrogen-bond donors (Lipinski definition) is 1. The van der Waals surface area contributed by atoms with Gasteiger partial charge in [0.1, 0.15) is 5.72 Å². The Morgan fingerprint density at radius 1 is 1.07 bits per heavy atom. The Bertz CT molecular complexity index is 204. The molecule has 0 saturated carbocycles. The van der Waals surface area contributed by atoms with E-state index in [9.17, 15) is 0 Å². The average Bonchev–Trinajstić information content (AvgIpc) is 2.10. The van der Waals surface area contributed by atoms with E-state index in [1.807, 2.05) is 0 Å². The summed E-state index contributed by atoms with van der Waals surface area (Å²) in [4.78, 5) is 0.